The third-order valence-electron chi connectivity index (χ3n) is 2.58. The zero-order valence-electron chi connectivity index (χ0n) is 11.0. The number of hydrogen-bond acceptors (Lipinski definition) is 3. The lowest BCUT2D eigenvalue weighted by Crippen LogP contribution is -2.32. The molecule has 0 saturated heterocycles. The number of urea groups is 1. The van der Waals surface area contributed by atoms with Gasteiger partial charge in [0.25, 0.3) is 0 Å². The smallest absolute Gasteiger partial charge is 0.321 e. The molecule has 21 heavy (non-hydrogen) atoms. The summed E-state index contributed by atoms with van der Waals surface area (Å²) >= 11 is 5.75. The molecule has 2 amide bonds. The summed E-state index contributed by atoms with van der Waals surface area (Å²) in [7, 11) is 0. The van der Waals surface area contributed by atoms with Crippen molar-refractivity contribution in [2.45, 2.75) is 0 Å². The molecule has 0 atom stereocenters. The topological polar surface area (TPSA) is 74.2 Å². The molecule has 0 saturated carbocycles. The molecule has 0 fully saturated rings. The van der Waals surface area contributed by atoms with Gasteiger partial charge < -0.3 is 15.4 Å². The molecule has 0 aliphatic heterocycles. The van der Waals surface area contributed by atoms with Crippen molar-refractivity contribution in [2.75, 3.05) is 12.0 Å². The molecule has 0 heterocycles. The largest absolute Gasteiger partial charge is 0.473 e. The maximum atomic E-state index is 11.7. The number of nitriles is 1. The minimum absolute atomic E-state index is 0.00217. The van der Waals surface area contributed by atoms with Crippen molar-refractivity contribution in [1.29, 1.82) is 5.26 Å². The Kier molecular flexibility index (Phi) is 5.02. The molecule has 0 aliphatic carbocycles. The average Bonchev–Trinajstić information content (AvgIpc) is 2.50. The van der Waals surface area contributed by atoms with Crippen LogP contribution in [0.3, 0.4) is 0 Å². The molecular weight excluding hydrogens is 290 g/mol. The van der Waals surface area contributed by atoms with E-state index in [1.807, 2.05) is 6.07 Å². The normalized spacial score (nSPS) is 9.52. The number of benzene rings is 2. The number of ether oxygens (including phenoxy) is 1. The lowest BCUT2D eigenvalue weighted by molar-refractivity contribution is 0.234. The second-order valence-corrected chi connectivity index (χ2v) is 4.47. The molecule has 0 unspecified atom stereocenters. The first-order valence-electron chi connectivity index (χ1n) is 6.11. The highest BCUT2D eigenvalue weighted by Gasteiger charge is 2.05. The van der Waals surface area contributed by atoms with Crippen molar-refractivity contribution in [1.82, 2.24) is 5.32 Å². The minimum atomic E-state index is -0.452. The van der Waals surface area contributed by atoms with Gasteiger partial charge in [0.05, 0.1) is 11.3 Å². The monoisotopic (exact) mass is 301 g/mol. The predicted octanol–water partition coefficient (Wildman–Crippen LogP) is 3.37. The second kappa shape index (κ2) is 7.17. The van der Waals surface area contributed by atoms with Gasteiger partial charge in [-0.2, -0.15) is 5.26 Å². The molecule has 0 aliphatic rings. The van der Waals surface area contributed by atoms with Crippen LogP contribution in [0.4, 0.5) is 10.5 Å². The number of rotatable bonds is 4. The van der Waals surface area contributed by atoms with Crippen LogP contribution in [0.2, 0.25) is 5.02 Å². The average molecular weight is 302 g/mol. The fraction of sp³-hybridized carbons (Fsp3) is 0.0667. The molecule has 0 spiro atoms. The molecule has 6 heteroatoms. The number of carbonyl (C=O) groups excluding carboxylic acids is 1. The first-order valence-corrected chi connectivity index (χ1v) is 6.49. The van der Waals surface area contributed by atoms with Crippen LogP contribution in [-0.4, -0.2) is 12.8 Å². The molecule has 2 N–H and O–H groups in total. The first-order chi connectivity index (χ1) is 10.2. The predicted molar refractivity (Wildman–Crippen MR) is 80.3 cm³/mol. The summed E-state index contributed by atoms with van der Waals surface area (Å²) in [5, 5.41) is 14.6. The van der Waals surface area contributed by atoms with E-state index in [2.05, 4.69) is 10.6 Å². The van der Waals surface area contributed by atoms with Gasteiger partial charge in [0.2, 0.25) is 0 Å². The molecule has 2 aromatic rings. The fourth-order valence-electron chi connectivity index (χ4n) is 1.57. The van der Waals surface area contributed by atoms with Crippen LogP contribution in [0, 0.1) is 11.3 Å². The van der Waals surface area contributed by atoms with Crippen LogP contribution in [0.25, 0.3) is 0 Å². The van der Waals surface area contributed by atoms with E-state index in [-0.39, 0.29) is 6.73 Å². The van der Waals surface area contributed by atoms with Gasteiger partial charge in [-0.05, 0) is 36.4 Å². The van der Waals surface area contributed by atoms with Gasteiger partial charge in [-0.25, -0.2) is 4.79 Å². The Morgan fingerprint density at radius 3 is 2.62 bits per heavy atom. The molecule has 106 valence electrons. The van der Waals surface area contributed by atoms with Gasteiger partial charge in [0, 0.05) is 5.02 Å². The molecule has 0 radical (unpaired) electrons. The van der Waals surface area contributed by atoms with Crippen LogP contribution < -0.4 is 15.4 Å². The maximum absolute atomic E-state index is 11.7. The Morgan fingerprint density at radius 2 is 1.90 bits per heavy atom. The highest BCUT2D eigenvalue weighted by atomic mass is 35.5. The molecular formula is C15H12ClN3O2. The summed E-state index contributed by atoms with van der Waals surface area (Å²) in [6.07, 6.45) is 0. The van der Waals surface area contributed by atoms with E-state index in [1.165, 1.54) is 0 Å². The van der Waals surface area contributed by atoms with E-state index in [9.17, 15) is 4.79 Å². The summed E-state index contributed by atoms with van der Waals surface area (Å²) in [6.45, 7) is 0.00217. The Hall–Kier alpha value is -2.71. The summed E-state index contributed by atoms with van der Waals surface area (Å²) in [5.41, 5.74) is 0.843. The van der Waals surface area contributed by atoms with E-state index in [0.29, 0.717) is 22.0 Å². The third kappa shape index (κ3) is 4.41. The van der Waals surface area contributed by atoms with Crippen molar-refractivity contribution in [3.63, 3.8) is 0 Å². The molecule has 2 rings (SSSR count). The number of anilines is 1. The minimum Gasteiger partial charge on any atom is -0.473 e. The number of hydrogen-bond donors (Lipinski definition) is 2. The Morgan fingerprint density at radius 1 is 1.19 bits per heavy atom. The van der Waals surface area contributed by atoms with E-state index >= 15 is 0 Å². The lowest BCUT2D eigenvalue weighted by Gasteiger charge is -2.10. The maximum Gasteiger partial charge on any atom is 0.321 e. The highest BCUT2D eigenvalue weighted by Crippen LogP contribution is 2.15. The van der Waals surface area contributed by atoms with Crippen LogP contribution in [-0.2, 0) is 0 Å². The first kappa shape index (κ1) is 14.7. The number of para-hydroxylation sites is 1. The fourth-order valence-corrected chi connectivity index (χ4v) is 1.70. The van der Waals surface area contributed by atoms with Gasteiger partial charge in [0.1, 0.15) is 11.8 Å². The van der Waals surface area contributed by atoms with Crippen LogP contribution in [0.1, 0.15) is 5.56 Å². The Balaban J connectivity index is 1.82. The third-order valence-corrected chi connectivity index (χ3v) is 2.83. The summed E-state index contributed by atoms with van der Waals surface area (Å²) < 4.78 is 5.33. The Bertz CT molecular complexity index is 665. The summed E-state index contributed by atoms with van der Waals surface area (Å²) in [5.74, 6) is 0.595. The van der Waals surface area contributed by atoms with Crippen LogP contribution >= 0.6 is 11.6 Å². The van der Waals surface area contributed by atoms with Crippen molar-refractivity contribution >= 4 is 23.3 Å². The van der Waals surface area contributed by atoms with E-state index in [1.54, 1.807) is 48.5 Å². The van der Waals surface area contributed by atoms with E-state index < -0.39 is 6.03 Å². The molecule has 2 aromatic carbocycles. The van der Waals surface area contributed by atoms with Gasteiger partial charge >= 0.3 is 6.03 Å². The number of nitrogens with zero attached hydrogens (tertiary/aromatic N) is 1. The van der Waals surface area contributed by atoms with E-state index in [4.69, 9.17) is 21.6 Å². The second-order valence-electron chi connectivity index (χ2n) is 4.03. The van der Waals surface area contributed by atoms with Gasteiger partial charge in [-0.15, -0.1) is 0 Å². The zero-order chi connectivity index (χ0) is 15.1. The van der Waals surface area contributed by atoms with Crippen molar-refractivity contribution in [2.24, 2.45) is 0 Å². The standard InChI is InChI=1S/C15H12ClN3O2/c16-12-5-7-13(8-6-12)21-10-18-15(20)19-14-4-2-1-3-11(14)9-17/h1-8H,10H2,(H2,18,19,20). The quantitative estimate of drug-likeness (QED) is 0.850. The molecule has 0 bridgehead atoms. The van der Waals surface area contributed by atoms with Gasteiger partial charge in [-0.3, -0.25) is 0 Å². The summed E-state index contributed by atoms with van der Waals surface area (Å²) in [4.78, 5) is 11.7. The van der Waals surface area contributed by atoms with Crippen molar-refractivity contribution in [3.8, 4) is 11.8 Å². The number of halogens is 1. The lowest BCUT2D eigenvalue weighted by atomic mass is 10.2. The SMILES string of the molecule is N#Cc1ccccc1NC(=O)NCOc1ccc(Cl)cc1. The number of nitrogens with one attached hydrogen (secondary N) is 2. The van der Waals surface area contributed by atoms with Crippen LogP contribution in [0.15, 0.2) is 48.5 Å². The zero-order valence-corrected chi connectivity index (χ0v) is 11.7. The highest BCUT2D eigenvalue weighted by molar-refractivity contribution is 6.30. The van der Waals surface area contributed by atoms with Crippen molar-refractivity contribution < 1.29 is 9.53 Å². The van der Waals surface area contributed by atoms with Gasteiger partial charge in [0.15, 0.2) is 6.73 Å². The number of amides is 2. The van der Waals surface area contributed by atoms with Crippen LogP contribution in [0.5, 0.6) is 5.75 Å². The molecule has 0 aromatic heterocycles. The van der Waals surface area contributed by atoms with E-state index in [0.717, 1.165) is 0 Å². The number of carbonyl (C=O) groups is 1. The van der Waals surface area contributed by atoms with Crippen molar-refractivity contribution in [3.05, 3.63) is 59.1 Å². The molecule has 5 nitrogen and oxygen atoms in total. The van der Waals surface area contributed by atoms with Gasteiger partial charge in [-0.1, -0.05) is 23.7 Å². The Labute approximate surface area is 127 Å². The summed E-state index contributed by atoms with van der Waals surface area (Å²) in [6, 6.07) is 15.1.